The summed E-state index contributed by atoms with van der Waals surface area (Å²) < 4.78 is 5.50. The molecule has 1 amide bonds. The summed E-state index contributed by atoms with van der Waals surface area (Å²) in [5, 5.41) is 10.7. The Balaban J connectivity index is 1.95. The minimum atomic E-state index is -0.429. The van der Waals surface area contributed by atoms with Crippen LogP contribution in [-0.4, -0.2) is 35.1 Å². The fourth-order valence-corrected chi connectivity index (χ4v) is 2.44. The van der Waals surface area contributed by atoms with Crippen LogP contribution in [0.4, 0.5) is 0 Å². The van der Waals surface area contributed by atoms with Gasteiger partial charge in [0.05, 0.1) is 11.1 Å². The van der Waals surface area contributed by atoms with Crippen LogP contribution in [0.25, 0.3) is 11.0 Å². The predicted molar refractivity (Wildman–Crippen MR) is 67.8 cm³/mol. The molecule has 1 fully saturated rings. The van der Waals surface area contributed by atoms with Gasteiger partial charge in [-0.2, -0.15) is 0 Å². The van der Waals surface area contributed by atoms with E-state index in [0.29, 0.717) is 30.1 Å². The number of aliphatic hydroxyl groups is 1. The lowest BCUT2D eigenvalue weighted by molar-refractivity contribution is 0.0736. The quantitative estimate of drug-likeness (QED) is 0.861. The third kappa shape index (κ3) is 1.87. The first-order valence-electron chi connectivity index (χ1n) is 5.80. The smallest absolute Gasteiger partial charge is 0.289 e. The zero-order valence-electron chi connectivity index (χ0n) is 9.60. The van der Waals surface area contributed by atoms with Crippen molar-refractivity contribution in [2.75, 3.05) is 13.1 Å². The number of aliphatic hydroxyl groups excluding tert-OH is 1. The van der Waals surface area contributed by atoms with Gasteiger partial charge in [0.25, 0.3) is 5.91 Å². The highest BCUT2D eigenvalue weighted by molar-refractivity contribution is 6.34. The van der Waals surface area contributed by atoms with Crippen LogP contribution in [0.2, 0.25) is 5.02 Å². The summed E-state index contributed by atoms with van der Waals surface area (Å²) in [5.41, 5.74) is 0.530. The van der Waals surface area contributed by atoms with Crippen molar-refractivity contribution in [3.63, 3.8) is 0 Å². The van der Waals surface area contributed by atoms with Crippen LogP contribution < -0.4 is 0 Å². The van der Waals surface area contributed by atoms with E-state index in [4.69, 9.17) is 16.0 Å². The summed E-state index contributed by atoms with van der Waals surface area (Å²) >= 11 is 6.00. The Morgan fingerprint density at radius 2 is 2.33 bits per heavy atom. The number of hydrogen-bond donors (Lipinski definition) is 1. The highest BCUT2D eigenvalue weighted by Crippen LogP contribution is 2.27. The first-order valence-corrected chi connectivity index (χ1v) is 6.18. The number of para-hydroxylation sites is 1. The van der Waals surface area contributed by atoms with Crippen molar-refractivity contribution in [2.24, 2.45) is 0 Å². The highest BCUT2D eigenvalue weighted by Gasteiger charge is 2.27. The van der Waals surface area contributed by atoms with E-state index in [9.17, 15) is 9.90 Å². The van der Waals surface area contributed by atoms with Gasteiger partial charge < -0.3 is 14.4 Å². The topological polar surface area (TPSA) is 53.7 Å². The number of amides is 1. The molecule has 1 aromatic heterocycles. The third-order valence-electron chi connectivity index (χ3n) is 3.16. The van der Waals surface area contributed by atoms with Gasteiger partial charge in [0.1, 0.15) is 0 Å². The van der Waals surface area contributed by atoms with Gasteiger partial charge in [-0.15, -0.1) is 0 Å². The average Bonchev–Trinajstić information content (AvgIpc) is 2.95. The number of β-amino-alcohol motifs (C(OH)–C–C–N with tert-alkyl or cyclic N) is 1. The minimum absolute atomic E-state index is 0.196. The Morgan fingerprint density at radius 1 is 1.50 bits per heavy atom. The maximum Gasteiger partial charge on any atom is 0.289 e. The number of carbonyl (C=O) groups excluding carboxylic acids is 1. The molecule has 1 atom stereocenters. The maximum absolute atomic E-state index is 12.2. The van der Waals surface area contributed by atoms with E-state index >= 15 is 0 Å². The summed E-state index contributed by atoms with van der Waals surface area (Å²) in [5.74, 6) is 0.0750. The summed E-state index contributed by atoms with van der Waals surface area (Å²) in [6, 6.07) is 7.07. The van der Waals surface area contributed by atoms with Gasteiger partial charge in [-0.25, -0.2) is 0 Å². The second kappa shape index (κ2) is 4.30. The molecule has 1 aliphatic heterocycles. The minimum Gasteiger partial charge on any atom is -0.449 e. The molecule has 5 heteroatoms. The lowest BCUT2D eigenvalue weighted by atomic mass is 10.2. The van der Waals surface area contributed by atoms with Crippen molar-refractivity contribution < 1.29 is 14.3 Å². The molecule has 1 saturated heterocycles. The van der Waals surface area contributed by atoms with Gasteiger partial charge in [-0.05, 0) is 18.6 Å². The number of nitrogens with zero attached hydrogens (tertiary/aromatic N) is 1. The molecule has 0 unspecified atom stereocenters. The van der Waals surface area contributed by atoms with Crippen molar-refractivity contribution in [1.29, 1.82) is 0 Å². The monoisotopic (exact) mass is 265 g/mol. The van der Waals surface area contributed by atoms with Crippen molar-refractivity contribution in [1.82, 2.24) is 4.90 Å². The molecule has 1 aromatic carbocycles. The Kier molecular flexibility index (Phi) is 2.76. The number of furan rings is 1. The van der Waals surface area contributed by atoms with E-state index in [1.807, 2.05) is 12.1 Å². The molecular weight excluding hydrogens is 254 g/mol. The van der Waals surface area contributed by atoms with Crippen molar-refractivity contribution >= 4 is 28.5 Å². The van der Waals surface area contributed by atoms with Gasteiger partial charge in [0.15, 0.2) is 11.3 Å². The first kappa shape index (κ1) is 11.6. The van der Waals surface area contributed by atoms with Gasteiger partial charge in [0, 0.05) is 18.5 Å². The SMILES string of the molecule is O=C(c1cc2cccc(Cl)c2o1)N1CC[C@@H](O)C1. The number of carbonyl (C=O) groups is 1. The molecule has 2 heterocycles. The molecule has 0 radical (unpaired) electrons. The summed E-state index contributed by atoms with van der Waals surface area (Å²) in [6.07, 6.45) is 0.189. The van der Waals surface area contributed by atoms with Gasteiger partial charge in [-0.3, -0.25) is 4.79 Å². The van der Waals surface area contributed by atoms with Crippen LogP contribution in [0.3, 0.4) is 0 Å². The van der Waals surface area contributed by atoms with Crippen LogP contribution in [-0.2, 0) is 0 Å². The number of fused-ring (bicyclic) bond motifs is 1. The molecule has 2 aromatic rings. The molecule has 0 aliphatic carbocycles. The van der Waals surface area contributed by atoms with E-state index in [-0.39, 0.29) is 11.7 Å². The van der Waals surface area contributed by atoms with E-state index < -0.39 is 6.10 Å². The molecule has 1 N–H and O–H groups in total. The van der Waals surface area contributed by atoms with Crippen molar-refractivity contribution in [3.05, 3.63) is 35.0 Å². The van der Waals surface area contributed by atoms with Crippen LogP contribution in [0, 0.1) is 0 Å². The van der Waals surface area contributed by atoms with Crippen LogP contribution in [0.1, 0.15) is 17.0 Å². The standard InChI is InChI=1S/C13H12ClNO3/c14-10-3-1-2-8-6-11(18-12(8)10)13(17)15-5-4-9(16)7-15/h1-3,6,9,16H,4-5,7H2/t9-/m1/s1. The van der Waals surface area contributed by atoms with Gasteiger partial charge in [0.2, 0.25) is 0 Å². The molecule has 4 nitrogen and oxygen atoms in total. The number of hydrogen-bond acceptors (Lipinski definition) is 3. The van der Waals surface area contributed by atoms with Gasteiger partial charge >= 0.3 is 0 Å². The van der Waals surface area contributed by atoms with E-state index in [1.165, 1.54) is 0 Å². The fraction of sp³-hybridized carbons (Fsp3) is 0.308. The Bertz CT molecular complexity index is 607. The normalized spacial score (nSPS) is 19.7. The molecule has 0 spiro atoms. The van der Waals surface area contributed by atoms with Gasteiger partial charge in [-0.1, -0.05) is 23.7 Å². The number of likely N-dealkylation sites (tertiary alicyclic amines) is 1. The lowest BCUT2D eigenvalue weighted by Gasteiger charge is -2.12. The van der Waals surface area contributed by atoms with Crippen LogP contribution in [0.5, 0.6) is 0 Å². The molecule has 94 valence electrons. The zero-order valence-corrected chi connectivity index (χ0v) is 10.4. The van der Waals surface area contributed by atoms with Crippen molar-refractivity contribution in [3.8, 4) is 0 Å². The predicted octanol–water partition coefficient (Wildman–Crippen LogP) is 2.29. The molecule has 1 aliphatic rings. The Hall–Kier alpha value is -1.52. The number of benzene rings is 1. The molecule has 0 bridgehead atoms. The van der Waals surface area contributed by atoms with E-state index in [1.54, 1.807) is 17.0 Å². The summed E-state index contributed by atoms with van der Waals surface area (Å²) in [4.78, 5) is 13.7. The number of halogens is 1. The Labute approximate surface area is 109 Å². The van der Waals surface area contributed by atoms with Crippen LogP contribution >= 0.6 is 11.6 Å². The molecule has 3 rings (SSSR count). The highest BCUT2D eigenvalue weighted by atomic mass is 35.5. The van der Waals surface area contributed by atoms with Crippen LogP contribution in [0.15, 0.2) is 28.7 Å². The second-order valence-electron chi connectivity index (χ2n) is 4.46. The zero-order chi connectivity index (χ0) is 12.7. The summed E-state index contributed by atoms with van der Waals surface area (Å²) in [6.45, 7) is 0.925. The molecule has 18 heavy (non-hydrogen) atoms. The molecule has 0 saturated carbocycles. The Morgan fingerprint density at radius 3 is 3.00 bits per heavy atom. The summed E-state index contributed by atoms with van der Waals surface area (Å²) in [7, 11) is 0. The maximum atomic E-state index is 12.2. The lowest BCUT2D eigenvalue weighted by Crippen LogP contribution is -2.29. The largest absolute Gasteiger partial charge is 0.449 e. The number of rotatable bonds is 1. The van der Waals surface area contributed by atoms with E-state index in [0.717, 1.165) is 5.39 Å². The first-order chi connectivity index (χ1) is 8.65. The van der Waals surface area contributed by atoms with Crippen molar-refractivity contribution in [2.45, 2.75) is 12.5 Å². The third-order valence-corrected chi connectivity index (χ3v) is 3.46. The second-order valence-corrected chi connectivity index (χ2v) is 4.87. The molecular formula is C13H12ClNO3. The average molecular weight is 266 g/mol. The fourth-order valence-electron chi connectivity index (χ4n) is 2.22. The van der Waals surface area contributed by atoms with E-state index in [2.05, 4.69) is 0 Å².